The lowest BCUT2D eigenvalue weighted by atomic mass is 10.5. The van der Waals surface area contributed by atoms with Gasteiger partial charge in [0.25, 0.3) is 0 Å². The molecule has 0 aliphatic carbocycles. The summed E-state index contributed by atoms with van der Waals surface area (Å²) in [5, 5.41) is 0. The molecule has 27 heavy (non-hydrogen) atoms. The molecule has 9 heteroatoms. The maximum atomic E-state index is 10.8. The summed E-state index contributed by atoms with van der Waals surface area (Å²) in [7, 11) is 1.35. The molecule has 0 heterocycles. The number of ether oxygens (including phenoxy) is 8. The highest BCUT2D eigenvalue weighted by Crippen LogP contribution is 1.88. The topological polar surface area (TPSA) is 90.9 Å². The molecule has 0 bridgehead atoms. The molecular weight excluding hydrogens is 360 g/mol. The SMILES string of the molecule is C=COCCOCCOCCOCCOCCOCCOCCC(=O)OC. The van der Waals surface area contributed by atoms with Crippen LogP contribution in [0.15, 0.2) is 12.8 Å². The van der Waals surface area contributed by atoms with E-state index in [1.54, 1.807) is 0 Å². The summed E-state index contributed by atoms with van der Waals surface area (Å²) in [5.74, 6) is -0.280. The van der Waals surface area contributed by atoms with E-state index in [1.807, 2.05) is 0 Å². The third kappa shape index (κ3) is 22.7. The number of esters is 1. The Kier molecular flexibility index (Phi) is 21.8. The fraction of sp³-hybridized carbons (Fsp3) is 0.833. The lowest BCUT2D eigenvalue weighted by molar-refractivity contribution is -0.141. The summed E-state index contributed by atoms with van der Waals surface area (Å²) in [6.07, 6.45) is 1.64. The Morgan fingerprint density at radius 3 is 1.30 bits per heavy atom. The van der Waals surface area contributed by atoms with E-state index in [0.29, 0.717) is 85.9 Å². The van der Waals surface area contributed by atoms with Gasteiger partial charge in [-0.05, 0) is 0 Å². The van der Waals surface area contributed by atoms with Gasteiger partial charge in [0.15, 0.2) is 0 Å². The van der Waals surface area contributed by atoms with Crippen molar-refractivity contribution in [1.29, 1.82) is 0 Å². The van der Waals surface area contributed by atoms with Crippen LogP contribution >= 0.6 is 0 Å². The standard InChI is InChI=1S/C18H34O9/c1-3-21-6-7-23-10-11-25-14-15-27-17-16-26-13-12-24-9-8-22-5-4-18(19)20-2/h3H,1,4-17H2,2H3. The monoisotopic (exact) mass is 394 g/mol. The Bertz CT molecular complexity index is 326. The average molecular weight is 394 g/mol. The van der Waals surface area contributed by atoms with Crippen LogP contribution in [-0.2, 0) is 42.7 Å². The molecule has 0 rings (SSSR count). The molecule has 0 radical (unpaired) electrons. The molecule has 0 aliphatic heterocycles. The molecule has 0 aliphatic rings. The number of methoxy groups -OCH3 is 1. The molecule has 0 N–H and O–H groups in total. The van der Waals surface area contributed by atoms with E-state index in [2.05, 4.69) is 11.3 Å². The molecule has 0 saturated heterocycles. The largest absolute Gasteiger partial charge is 0.499 e. The summed E-state index contributed by atoms with van der Waals surface area (Å²) in [4.78, 5) is 10.8. The van der Waals surface area contributed by atoms with Crippen molar-refractivity contribution < 1.29 is 42.7 Å². The van der Waals surface area contributed by atoms with Crippen molar-refractivity contribution in [2.24, 2.45) is 0 Å². The van der Waals surface area contributed by atoms with Gasteiger partial charge in [-0.2, -0.15) is 0 Å². The van der Waals surface area contributed by atoms with Gasteiger partial charge in [-0.25, -0.2) is 0 Å². The highest BCUT2D eigenvalue weighted by atomic mass is 16.6. The van der Waals surface area contributed by atoms with Gasteiger partial charge in [-0.3, -0.25) is 4.79 Å². The molecular formula is C18H34O9. The molecule has 160 valence electrons. The summed E-state index contributed by atoms with van der Waals surface area (Å²) in [6, 6.07) is 0. The number of hydrogen-bond donors (Lipinski definition) is 0. The van der Waals surface area contributed by atoms with Crippen molar-refractivity contribution >= 4 is 5.97 Å². The molecule has 0 aromatic rings. The quantitative estimate of drug-likeness (QED) is 0.150. The van der Waals surface area contributed by atoms with Gasteiger partial charge in [0.1, 0.15) is 6.61 Å². The fourth-order valence-corrected chi connectivity index (χ4v) is 1.65. The van der Waals surface area contributed by atoms with E-state index in [4.69, 9.17) is 33.2 Å². The van der Waals surface area contributed by atoms with Crippen molar-refractivity contribution in [1.82, 2.24) is 0 Å². The molecule has 0 saturated carbocycles. The highest BCUT2D eigenvalue weighted by molar-refractivity contribution is 5.69. The van der Waals surface area contributed by atoms with Crippen LogP contribution in [0, 0.1) is 0 Å². The van der Waals surface area contributed by atoms with Gasteiger partial charge in [-0.1, -0.05) is 6.58 Å². The van der Waals surface area contributed by atoms with Gasteiger partial charge in [0.05, 0.1) is 99.1 Å². The number of carbonyl (C=O) groups excluding carboxylic acids is 1. The molecule has 0 fully saturated rings. The zero-order valence-electron chi connectivity index (χ0n) is 16.4. The lowest BCUT2D eigenvalue weighted by Crippen LogP contribution is -2.14. The summed E-state index contributed by atoms with van der Waals surface area (Å²) < 4.78 is 41.3. The first-order valence-corrected chi connectivity index (χ1v) is 9.07. The summed E-state index contributed by atoms with van der Waals surface area (Å²) >= 11 is 0. The van der Waals surface area contributed by atoms with E-state index in [1.165, 1.54) is 13.4 Å². The smallest absolute Gasteiger partial charge is 0.307 e. The van der Waals surface area contributed by atoms with Gasteiger partial charge < -0.3 is 37.9 Å². The van der Waals surface area contributed by atoms with Crippen LogP contribution in [0.3, 0.4) is 0 Å². The maximum Gasteiger partial charge on any atom is 0.307 e. The summed E-state index contributed by atoms with van der Waals surface area (Å²) in [5.41, 5.74) is 0. The first kappa shape index (κ1) is 25.8. The van der Waals surface area contributed by atoms with Crippen LogP contribution in [-0.4, -0.2) is 99.0 Å². The first-order valence-electron chi connectivity index (χ1n) is 9.07. The molecule has 0 aromatic carbocycles. The third-order valence-corrected chi connectivity index (χ3v) is 3.00. The molecule has 0 unspecified atom stereocenters. The predicted octanol–water partition coefficient (Wildman–Crippen LogP) is 0.809. The molecule has 0 aromatic heterocycles. The van der Waals surface area contributed by atoms with Crippen LogP contribution in [0.1, 0.15) is 6.42 Å². The minimum atomic E-state index is -0.280. The van der Waals surface area contributed by atoms with Gasteiger partial charge in [0.2, 0.25) is 0 Å². The van der Waals surface area contributed by atoms with Crippen LogP contribution in [0.2, 0.25) is 0 Å². The second-order valence-corrected chi connectivity index (χ2v) is 5.04. The molecule has 9 nitrogen and oxygen atoms in total. The van der Waals surface area contributed by atoms with Crippen molar-refractivity contribution in [2.75, 3.05) is 93.0 Å². The average Bonchev–Trinajstić information content (AvgIpc) is 2.68. The van der Waals surface area contributed by atoms with Crippen molar-refractivity contribution in [3.63, 3.8) is 0 Å². The lowest BCUT2D eigenvalue weighted by Gasteiger charge is -2.08. The zero-order chi connectivity index (χ0) is 19.8. The predicted molar refractivity (Wildman–Crippen MR) is 97.7 cm³/mol. The first-order chi connectivity index (χ1) is 13.3. The maximum absolute atomic E-state index is 10.8. The Hall–Kier alpha value is -1.23. The number of hydrogen-bond acceptors (Lipinski definition) is 9. The minimum absolute atomic E-state index is 0.254. The van der Waals surface area contributed by atoms with Gasteiger partial charge >= 0.3 is 5.97 Å². The Morgan fingerprint density at radius 2 is 0.963 bits per heavy atom. The second-order valence-electron chi connectivity index (χ2n) is 5.04. The van der Waals surface area contributed by atoms with Crippen LogP contribution in [0.25, 0.3) is 0 Å². The van der Waals surface area contributed by atoms with E-state index >= 15 is 0 Å². The zero-order valence-corrected chi connectivity index (χ0v) is 16.4. The third-order valence-electron chi connectivity index (χ3n) is 3.00. The Morgan fingerprint density at radius 1 is 0.630 bits per heavy atom. The minimum Gasteiger partial charge on any atom is -0.499 e. The van der Waals surface area contributed by atoms with Gasteiger partial charge in [-0.15, -0.1) is 0 Å². The molecule has 0 amide bonds. The van der Waals surface area contributed by atoms with E-state index in [0.717, 1.165) is 0 Å². The van der Waals surface area contributed by atoms with Crippen molar-refractivity contribution in [2.45, 2.75) is 6.42 Å². The normalized spacial score (nSPS) is 10.7. The second kappa shape index (κ2) is 22.8. The fourth-order valence-electron chi connectivity index (χ4n) is 1.65. The molecule has 0 atom stereocenters. The Balaban J connectivity index is 3.01. The number of rotatable bonds is 22. The summed E-state index contributed by atoms with van der Waals surface area (Å²) in [6.45, 7) is 9.79. The van der Waals surface area contributed by atoms with Crippen molar-refractivity contribution in [3.05, 3.63) is 12.8 Å². The van der Waals surface area contributed by atoms with Crippen molar-refractivity contribution in [3.8, 4) is 0 Å². The van der Waals surface area contributed by atoms with E-state index in [9.17, 15) is 4.79 Å². The van der Waals surface area contributed by atoms with E-state index < -0.39 is 0 Å². The van der Waals surface area contributed by atoms with Crippen LogP contribution < -0.4 is 0 Å². The van der Waals surface area contributed by atoms with Gasteiger partial charge in [0, 0.05) is 0 Å². The highest BCUT2D eigenvalue weighted by Gasteiger charge is 1.99. The van der Waals surface area contributed by atoms with Crippen LogP contribution in [0.5, 0.6) is 0 Å². The van der Waals surface area contributed by atoms with Crippen LogP contribution in [0.4, 0.5) is 0 Å². The molecule has 0 spiro atoms. The van der Waals surface area contributed by atoms with E-state index in [-0.39, 0.29) is 12.4 Å². The Labute approximate surface area is 161 Å². The number of carbonyl (C=O) groups is 1.